The lowest BCUT2D eigenvalue weighted by atomic mass is 9.99. The number of nitrogens with one attached hydrogen (secondary N) is 2. The van der Waals surface area contributed by atoms with Crippen LogP contribution in [0, 0.1) is 6.92 Å². The van der Waals surface area contributed by atoms with Crippen molar-refractivity contribution in [1.82, 2.24) is 10.6 Å². The molecular formula is C14H21BrClN3O3S. The summed E-state index contributed by atoms with van der Waals surface area (Å²) < 4.78 is 23.8. The van der Waals surface area contributed by atoms with Crippen LogP contribution in [0.3, 0.4) is 0 Å². The van der Waals surface area contributed by atoms with E-state index < -0.39 is 10.0 Å². The molecule has 4 N–H and O–H groups in total. The Hall–Kier alpha value is -0.670. The molecule has 0 saturated carbocycles. The van der Waals surface area contributed by atoms with Crippen molar-refractivity contribution in [3.8, 4) is 0 Å². The standard InChI is InChI=1S/C14H20BrN3O3S.ClH/c1-8-11(6-10(15)7-13(8)22(16,20)21)14(19)18-12-4-3-5-17-9(12)2;/h6-7,9,12,17H,3-5H2,1-2H3,(H,18,19)(H2,16,20,21);1H. The zero-order valence-electron chi connectivity index (χ0n) is 12.9. The summed E-state index contributed by atoms with van der Waals surface area (Å²) >= 11 is 3.23. The average molecular weight is 427 g/mol. The molecule has 0 aliphatic carbocycles. The molecule has 0 spiro atoms. The lowest BCUT2D eigenvalue weighted by molar-refractivity contribution is 0.0919. The lowest BCUT2D eigenvalue weighted by Crippen LogP contribution is -2.52. The molecule has 1 saturated heterocycles. The third-order valence-electron chi connectivity index (χ3n) is 3.95. The molecule has 2 atom stereocenters. The van der Waals surface area contributed by atoms with Crippen LogP contribution in [0.1, 0.15) is 35.7 Å². The van der Waals surface area contributed by atoms with Crippen LogP contribution in [0.25, 0.3) is 0 Å². The van der Waals surface area contributed by atoms with E-state index in [1.54, 1.807) is 13.0 Å². The van der Waals surface area contributed by atoms with Gasteiger partial charge in [0, 0.05) is 22.1 Å². The van der Waals surface area contributed by atoms with E-state index in [1.165, 1.54) is 6.07 Å². The molecule has 9 heteroatoms. The smallest absolute Gasteiger partial charge is 0.251 e. The van der Waals surface area contributed by atoms with Gasteiger partial charge in [0.1, 0.15) is 0 Å². The Morgan fingerprint density at radius 2 is 2.09 bits per heavy atom. The predicted molar refractivity (Wildman–Crippen MR) is 95.5 cm³/mol. The second-order valence-electron chi connectivity index (χ2n) is 5.59. The van der Waals surface area contributed by atoms with E-state index in [0.717, 1.165) is 19.4 Å². The van der Waals surface area contributed by atoms with Gasteiger partial charge < -0.3 is 10.6 Å². The van der Waals surface area contributed by atoms with E-state index in [-0.39, 0.29) is 35.3 Å². The van der Waals surface area contributed by atoms with Gasteiger partial charge in [-0.1, -0.05) is 15.9 Å². The molecule has 6 nitrogen and oxygen atoms in total. The van der Waals surface area contributed by atoms with Crippen LogP contribution < -0.4 is 15.8 Å². The van der Waals surface area contributed by atoms with Gasteiger partial charge in [-0.25, -0.2) is 13.6 Å². The molecule has 2 rings (SSSR count). The molecule has 1 aromatic carbocycles. The molecule has 0 radical (unpaired) electrons. The number of carbonyl (C=O) groups excluding carboxylic acids is 1. The number of nitrogens with two attached hydrogens (primary N) is 1. The first-order valence-corrected chi connectivity index (χ1v) is 9.41. The number of sulfonamides is 1. The van der Waals surface area contributed by atoms with Gasteiger partial charge in [0.05, 0.1) is 4.90 Å². The highest BCUT2D eigenvalue weighted by atomic mass is 79.9. The quantitative estimate of drug-likeness (QED) is 0.684. The van der Waals surface area contributed by atoms with Crippen molar-refractivity contribution in [2.75, 3.05) is 6.54 Å². The molecule has 23 heavy (non-hydrogen) atoms. The molecule has 1 heterocycles. The number of amides is 1. The summed E-state index contributed by atoms with van der Waals surface area (Å²) in [6.07, 6.45) is 1.89. The fraction of sp³-hybridized carbons (Fsp3) is 0.500. The Kier molecular flexibility index (Phi) is 7.03. The summed E-state index contributed by atoms with van der Waals surface area (Å²) in [7, 11) is -3.88. The molecule has 1 aliphatic heterocycles. The van der Waals surface area contributed by atoms with E-state index in [0.29, 0.717) is 15.6 Å². The van der Waals surface area contributed by atoms with Gasteiger partial charge >= 0.3 is 0 Å². The number of benzene rings is 1. The summed E-state index contributed by atoms with van der Waals surface area (Å²) in [5, 5.41) is 11.5. The second kappa shape index (κ2) is 7.94. The highest BCUT2D eigenvalue weighted by Gasteiger charge is 2.25. The van der Waals surface area contributed by atoms with Gasteiger partial charge in [0.2, 0.25) is 10.0 Å². The predicted octanol–water partition coefficient (Wildman–Crippen LogP) is 1.70. The Bertz CT molecular complexity index is 697. The normalized spacial score (nSPS) is 21.4. The average Bonchev–Trinajstić information content (AvgIpc) is 2.42. The Balaban J connectivity index is 0.00000264. The SMILES string of the molecule is Cc1c(C(=O)NC2CCCNC2C)cc(Br)cc1S(N)(=O)=O.Cl. The minimum absolute atomic E-state index is 0. The summed E-state index contributed by atoms with van der Waals surface area (Å²) in [4.78, 5) is 12.5. The monoisotopic (exact) mass is 425 g/mol. The van der Waals surface area contributed by atoms with Crippen LogP contribution in [0.2, 0.25) is 0 Å². The second-order valence-corrected chi connectivity index (χ2v) is 8.03. The maximum absolute atomic E-state index is 12.5. The molecule has 0 bridgehead atoms. The van der Waals surface area contributed by atoms with Gasteiger partial charge in [-0.2, -0.15) is 0 Å². The summed E-state index contributed by atoms with van der Waals surface area (Å²) in [6, 6.07) is 3.23. The fourth-order valence-corrected chi connectivity index (χ4v) is 4.11. The van der Waals surface area contributed by atoms with Gasteiger partial charge in [0.15, 0.2) is 0 Å². The van der Waals surface area contributed by atoms with Crippen LogP contribution >= 0.6 is 28.3 Å². The number of hydrogen-bond donors (Lipinski definition) is 3. The number of primary sulfonamides is 1. The zero-order chi connectivity index (χ0) is 16.5. The molecular weight excluding hydrogens is 406 g/mol. The zero-order valence-corrected chi connectivity index (χ0v) is 16.1. The van der Waals surface area contributed by atoms with Crippen molar-refractivity contribution < 1.29 is 13.2 Å². The lowest BCUT2D eigenvalue weighted by Gasteiger charge is -2.30. The third-order valence-corrected chi connectivity index (χ3v) is 5.45. The molecule has 130 valence electrons. The number of piperidine rings is 1. The Labute approximate surface area is 151 Å². The van der Waals surface area contributed by atoms with Crippen molar-refractivity contribution in [3.63, 3.8) is 0 Å². The molecule has 0 aromatic heterocycles. The van der Waals surface area contributed by atoms with E-state index in [4.69, 9.17) is 5.14 Å². The van der Waals surface area contributed by atoms with Gasteiger partial charge in [-0.15, -0.1) is 12.4 Å². The maximum Gasteiger partial charge on any atom is 0.251 e. The maximum atomic E-state index is 12.5. The van der Waals surface area contributed by atoms with E-state index in [1.807, 2.05) is 6.92 Å². The largest absolute Gasteiger partial charge is 0.348 e. The van der Waals surface area contributed by atoms with Gasteiger partial charge in [0.25, 0.3) is 5.91 Å². The van der Waals surface area contributed by atoms with Crippen molar-refractivity contribution in [2.45, 2.75) is 43.7 Å². The highest BCUT2D eigenvalue weighted by Crippen LogP contribution is 2.24. The van der Waals surface area contributed by atoms with Crippen LogP contribution in [0.15, 0.2) is 21.5 Å². The Morgan fingerprint density at radius 3 is 2.65 bits per heavy atom. The van der Waals surface area contributed by atoms with Crippen LogP contribution in [-0.2, 0) is 10.0 Å². The topological polar surface area (TPSA) is 101 Å². The highest BCUT2D eigenvalue weighted by molar-refractivity contribution is 9.10. The first-order chi connectivity index (χ1) is 10.2. The fourth-order valence-electron chi connectivity index (χ4n) is 2.67. The summed E-state index contributed by atoms with van der Waals surface area (Å²) in [5.41, 5.74) is 0.677. The molecule has 2 unspecified atom stereocenters. The first-order valence-electron chi connectivity index (χ1n) is 7.07. The van der Waals surface area contributed by atoms with Crippen LogP contribution in [0.4, 0.5) is 0 Å². The summed E-state index contributed by atoms with van der Waals surface area (Å²) in [6.45, 7) is 4.55. The molecule has 1 aliphatic rings. The minimum Gasteiger partial charge on any atom is -0.348 e. The number of halogens is 2. The van der Waals surface area contributed by atoms with Crippen molar-refractivity contribution in [1.29, 1.82) is 0 Å². The van der Waals surface area contributed by atoms with E-state index >= 15 is 0 Å². The van der Waals surface area contributed by atoms with Crippen molar-refractivity contribution >= 4 is 44.3 Å². The number of hydrogen-bond acceptors (Lipinski definition) is 4. The number of carbonyl (C=O) groups is 1. The van der Waals surface area contributed by atoms with Gasteiger partial charge in [-0.3, -0.25) is 4.79 Å². The van der Waals surface area contributed by atoms with Crippen molar-refractivity contribution in [3.05, 3.63) is 27.7 Å². The molecule has 1 amide bonds. The van der Waals surface area contributed by atoms with Crippen LogP contribution in [0.5, 0.6) is 0 Å². The first kappa shape index (κ1) is 20.4. The van der Waals surface area contributed by atoms with Crippen molar-refractivity contribution in [2.24, 2.45) is 5.14 Å². The molecule has 1 fully saturated rings. The number of rotatable bonds is 3. The molecule has 1 aromatic rings. The Morgan fingerprint density at radius 1 is 1.43 bits per heavy atom. The third kappa shape index (κ3) is 4.90. The van der Waals surface area contributed by atoms with E-state index in [9.17, 15) is 13.2 Å². The minimum atomic E-state index is -3.88. The summed E-state index contributed by atoms with van der Waals surface area (Å²) in [5.74, 6) is -0.288. The van der Waals surface area contributed by atoms with E-state index in [2.05, 4.69) is 26.6 Å². The van der Waals surface area contributed by atoms with Crippen LogP contribution in [-0.4, -0.2) is 33.0 Å². The van der Waals surface area contributed by atoms with Gasteiger partial charge in [-0.05, 0) is 50.9 Å².